The van der Waals surface area contributed by atoms with Gasteiger partial charge in [0.15, 0.2) is 0 Å². The van der Waals surface area contributed by atoms with Crippen LogP contribution in [0.1, 0.15) is 39.5 Å². The number of nitrogens with one attached hydrogen (secondary N) is 1. The van der Waals surface area contributed by atoms with Crippen LogP contribution >= 0.6 is 0 Å². The number of hydrogen-bond acceptors (Lipinski definition) is 3. The first-order chi connectivity index (χ1) is 9.81. The van der Waals surface area contributed by atoms with E-state index in [-0.39, 0.29) is 0 Å². The van der Waals surface area contributed by atoms with E-state index in [9.17, 15) is 4.79 Å². The molecule has 2 aromatic rings. The van der Waals surface area contributed by atoms with Crippen molar-refractivity contribution < 1.29 is 4.79 Å². The number of hydrogen-bond donors (Lipinski definition) is 1. The van der Waals surface area contributed by atoms with E-state index in [0.717, 1.165) is 24.0 Å². The molecule has 1 saturated carbocycles. The van der Waals surface area contributed by atoms with Crippen LogP contribution in [0.2, 0.25) is 0 Å². The highest BCUT2D eigenvalue weighted by molar-refractivity contribution is 5.84. The summed E-state index contributed by atoms with van der Waals surface area (Å²) in [5, 5.41) is 5.78. The first-order valence-electron chi connectivity index (χ1n) is 7.44. The standard InChI is InChI=1S/C15H16N2O.C2H6/c18-14-7-5-13(6-8-14)17-15-9-11-3-1-2-4-12(11)10-16-15;1-2/h1-4,9-10,13H,5-8H2,(H,16,17);1-2H3. The maximum absolute atomic E-state index is 11.2. The third-order valence-corrected chi connectivity index (χ3v) is 3.53. The number of carbonyl (C=O) groups is 1. The Morgan fingerprint density at radius 3 is 2.45 bits per heavy atom. The molecule has 1 aromatic heterocycles. The quantitative estimate of drug-likeness (QED) is 0.890. The van der Waals surface area contributed by atoms with E-state index >= 15 is 0 Å². The molecule has 1 aliphatic rings. The predicted octanol–water partition coefficient (Wildman–Crippen LogP) is 4.18. The molecule has 0 aliphatic heterocycles. The molecule has 1 N–H and O–H groups in total. The van der Waals surface area contributed by atoms with Crippen molar-refractivity contribution in [3.63, 3.8) is 0 Å². The first kappa shape index (κ1) is 14.5. The SMILES string of the molecule is CC.O=C1CCC(Nc2cc3ccccc3cn2)CC1. The van der Waals surface area contributed by atoms with Crippen LogP contribution in [0.25, 0.3) is 10.8 Å². The third kappa shape index (κ3) is 3.56. The van der Waals surface area contributed by atoms with Crippen molar-refractivity contribution in [2.45, 2.75) is 45.6 Å². The van der Waals surface area contributed by atoms with Crippen LogP contribution in [0, 0.1) is 0 Å². The number of carbonyl (C=O) groups excluding carboxylic acids is 1. The van der Waals surface area contributed by atoms with Crippen molar-refractivity contribution >= 4 is 22.4 Å². The third-order valence-electron chi connectivity index (χ3n) is 3.53. The molecule has 1 fully saturated rings. The van der Waals surface area contributed by atoms with Gasteiger partial charge in [-0.15, -0.1) is 0 Å². The first-order valence-corrected chi connectivity index (χ1v) is 7.44. The molecular formula is C17H22N2O. The molecule has 0 bridgehead atoms. The number of benzene rings is 1. The summed E-state index contributed by atoms with van der Waals surface area (Å²) in [6.07, 6.45) is 5.14. The summed E-state index contributed by atoms with van der Waals surface area (Å²) in [6.45, 7) is 4.00. The van der Waals surface area contributed by atoms with E-state index in [4.69, 9.17) is 0 Å². The summed E-state index contributed by atoms with van der Waals surface area (Å²) >= 11 is 0. The van der Waals surface area contributed by atoms with E-state index in [1.54, 1.807) is 0 Å². The molecule has 0 spiro atoms. The van der Waals surface area contributed by atoms with Crippen molar-refractivity contribution in [1.82, 2.24) is 4.98 Å². The fraction of sp³-hybridized carbons (Fsp3) is 0.412. The summed E-state index contributed by atoms with van der Waals surface area (Å²) in [6, 6.07) is 10.7. The fourth-order valence-corrected chi connectivity index (χ4v) is 2.46. The lowest BCUT2D eigenvalue weighted by molar-refractivity contribution is -0.120. The second-order valence-corrected chi connectivity index (χ2v) is 4.87. The normalized spacial score (nSPS) is 15.6. The Labute approximate surface area is 120 Å². The van der Waals surface area contributed by atoms with E-state index in [1.165, 1.54) is 5.39 Å². The highest BCUT2D eigenvalue weighted by Gasteiger charge is 2.18. The minimum Gasteiger partial charge on any atom is -0.367 e. The molecule has 0 unspecified atom stereocenters. The van der Waals surface area contributed by atoms with Crippen molar-refractivity contribution in [2.75, 3.05) is 5.32 Å². The minimum absolute atomic E-state index is 0.386. The average molecular weight is 270 g/mol. The lowest BCUT2D eigenvalue weighted by Crippen LogP contribution is -2.26. The average Bonchev–Trinajstić information content (AvgIpc) is 2.51. The topological polar surface area (TPSA) is 42.0 Å². The summed E-state index contributed by atoms with van der Waals surface area (Å²) < 4.78 is 0. The second kappa shape index (κ2) is 7.04. The van der Waals surface area contributed by atoms with Gasteiger partial charge in [0.2, 0.25) is 0 Å². The van der Waals surface area contributed by atoms with Crippen LogP contribution in [0.4, 0.5) is 5.82 Å². The molecule has 3 rings (SSSR count). The lowest BCUT2D eigenvalue weighted by Gasteiger charge is -2.22. The fourth-order valence-electron chi connectivity index (χ4n) is 2.46. The maximum atomic E-state index is 11.2. The molecular weight excluding hydrogens is 248 g/mol. The Hall–Kier alpha value is -1.90. The van der Waals surface area contributed by atoms with E-state index in [2.05, 4.69) is 28.5 Å². The molecule has 1 aliphatic carbocycles. The molecule has 106 valence electrons. The summed E-state index contributed by atoms with van der Waals surface area (Å²) in [5.74, 6) is 1.30. The smallest absolute Gasteiger partial charge is 0.133 e. The molecule has 0 amide bonds. The van der Waals surface area contributed by atoms with Crippen LogP contribution in [-0.4, -0.2) is 16.8 Å². The Bertz CT molecular complexity index is 570. The number of ketones is 1. The van der Waals surface area contributed by atoms with Crippen LogP contribution in [0.3, 0.4) is 0 Å². The number of Topliss-reactive ketones (excluding diaryl/α,β-unsaturated/α-hetero) is 1. The van der Waals surface area contributed by atoms with E-state index < -0.39 is 0 Å². The van der Waals surface area contributed by atoms with Gasteiger partial charge in [-0.25, -0.2) is 4.98 Å². The van der Waals surface area contributed by atoms with Crippen molar-refractivity contribution in [3.05, 3.63) is 36.5 Å². The molecule has 0 atom stereocenters. The largest absolute Gasteiger partial charge is 0.367 e. The highest BCUT2D eigenvalue weighted by atomic mass is 16.1. The van der Waals surface area contributed by atoms with Gasteiger partial charge in [-0.05, 0) is 24.3 Å². The van der Waals surface area contributed by atoms with E-state index in [0.29, 0.717) is 24.7 Å². The number of aromatic nitrogens is 1. The summed E-state index contributed by atoms with van der Waals surface area (Å²) in [4.78, 5) is 15.6. The van der Waals surface area contributed by atoms with Crippen molar-refractivity contribution in [2.24, 2.45) is 0 Å². The Kier molecular flexibility index (Phi) is 5.10. The van der Waals surface area contributed by atoms with Crippen LogP contribution < -0.4 is 5.32 Å². The van der Waals surface area contributed by atoms with Gasteiger partial charge in [0.05, 0.1) is 0 Å². The van der Waals surface area contributed by atoms with Gasteiger partial charge in [0.25, 0.3) is 0 Å². The van der Waals surface area contributed by atoms with Crippen molar-refractivity contribution in [3.8, 4) is 0 Å². The van der Waals surface area contributed by atoms with Crippen LogP contribution in [0.5, 0.6) is 0 Å². The number of rotatable bonds is 2. The molecule has 1 aromatic carbocycles. The minimum atomic E-state index is 0.386. The van der Waals surface area contributed by atoms with Gasteiger partial charge < -0.3 is 5.32 Å². The molecule has 3 heteroatoms. The molecule has 3 nitrogen and oxygen atoms in total. The Morgan fingerprint density at radius 1 is 1.10 bits per heavy atom. The zero-order valence-corrected chi connectivity index (χ0v) is 12.2. The molecule has 0 saturated heterocycles. The summed E-state index contributed by atoms with van der Waals surface area (Å²) in [7, 11) is 0. The predicted molar refractivity (Wildman–Crippen MR) is 84.0 cm³/mol. The van der Waals surface area contributed by atoms with Gasteiger partial charge in [0, 0.05) is 30.5 Å². The number of nitrogens with zero attached hydrogens (tertiary/aromatic N) is 1. The van der Waals surface area contributed by atoms with Gasteiger partial charge in [-0.1, -0.05) is 38.1 Å². The Balaban J connectivity index is 0.000000704. The van der Waals surface area contributed by atoms with Gasteiger partial charge in [0.1, 0.15) is 11.6 Å². The van der Waals surface area contributed by atoms with Crippen molar-refractivity contribution in [1.29, 1.82) is 0 Å². The zero-order chi connectivity index (χ0) is 14.4. The van der Waals surface area contributed by atoms with E-state index in [1.807, 2.05) is 32.2 Å². The number of anilines is 1. The van der Waals surface area contributed by atoms with Gasteiger partial charge >= 0.3 is 0 Å². The lowest BCUT2D eigenvalue weighted by atomic mass is 9.94. The second-order valence-electron chi connectivity index (χ2n) is 4.87. The monoisotopic (exact) mass is 270 g/mol. The number of pyridine rings is 1. The van der Waals surface area contributed by atoms with Crippen LogP contribution in [-0.2, 0) is 4.79 Å². The maximum Gasteiger partial charge on any atom is 0.133 e. The molecule has 0 radical (unpaired) electrons. The zero-order valence-electron chi connectivity index (χ0n) is 12.2. The summed E-state index contributed by atoms with van der Waals surface area (Å²) in [5.41, 5.74) is 0. The van der Waals surface area contributed by atoms with Gasteiger partial charge in [-0.2, -0.15) is 0 Å². The highest BCUT2D eigenvalue weighted by Crippen LogP contribution is 2.21. The van der Waals surface area contributed by atoms with Gasteiger partial charge in [-0.3, -0.25) is 4.79 Å². The molecule has 1 heterocycles. The number of fused-ring (bicyclic) bond motifs is 1. The molecule has 20 heavy (non-hydrogen) atoms. The Morgan fingerprint density at radius 2 is 1.75 bits per heavy atom. The van der Waals surface area contributed by atoms with Crippen LogP contribution in [0.15, 0.2) is 36.5 Å².